The predicted molar refractivity (Wildman–Crippen MR) is 350 cm³/mol. The molecule has 8 heterocycles. The molecular formula is C49H77N5Na16O57S8-4. The van der Waals surface area contributed by atoms with E-state index in [1.54, 1.807) is 0 Å². The van der Waals surface area contributed by atoms with Crippen LogP contribution in [-0.4, -0.2) is 404 Å². The summed E-state index contributed by atoms with van der Waals surface area (Å²) in [6.45, 7) is -0.770. The molecule has 0 aromatic rings. The van der Waals surface area contributed by atoms with E-state index >= 15 is 0 Å². The van der Waals surface area contributed by atoms with E-state index in [0.29, 0.717) is 19.6 Å². The van der Waals surface area contributed by atoms with Crippen LogP contribution >= 0.6 is 0 Å². The summed E-state index contributed by atoms with van der Waals surface area (Å²) >= 11 is 0. The monoisotopic (exact) mass is 2270 g/mol. The number of nitrogens with two attached hydrogens (primary N) is 1. The van der Waals surface area contributed by atoms with Crippen LogP contribution in [0.2, 0.25) is 0 Å². The SMILES string of the molecule is O=S(=O)([O-])O.O=S(=O)([O-])O.O=S(=O)([O-])O.O=S(=O)([O-])O.[NH-]C1[C@@H](O[C@@H]2[CH-]O[C@@H](O[C@@H]3C(COS(=O)(=O)[O-])O[C@H](O[C@@H]4[CH-]O[C@@H](O[C@@H]5C(COS(=O)(=O)[O-])O[C@H](O[C@@H]6[CH-]O[C@@H](O[C@@H]7C(COS(=O)(=O)[O-])O[C@H](O[C@@H]8[CH-]O[C@@H](OCCCCCN)[CH-][C@@H]8O)C([NH-])[C@H]7O)[CH-][C@@H]6O)C([NH-])[C@H]5O)[CH-][C@@H]4O)C([NH-])[C@H]3O)[CH-][C@@H]2O)OC(COS(=O)(=O)[O-])[C@@H](O)[C@@H]1O.[Na+].[Na+].[Na+].[Na+].[Na+].[Na+].[Na+].[Na+].[Na+].[Na+].[Na+].[Na+].[Na+].[Na+].[Na+].[Na+]. The molecule has 0 spiro atoms. The van der Waals surface area contributed by atoms with Crippen molar-refractivity contribution in [3.05, 3.63) is 75.0 Å². The van der Waals surface area contributed by atoms with Gasteiger partial charge < -0.3 is 187 Å². The van der Waals surface area contributed by atoms with E-state index in [1.807, 2.05) is 0 Å². The number of aliphatic hydroxyl groups excluding tert-OH is 9. The minimum atomic E-state index is -5.55. The molecule has 0 radical (unpaired) electrons. The molecule has 8 saturated heterocycles. The van der Waals surface area contributed by atoms with Crippen molar-refractivity contribution in [2.75, 3.05) is 39.6 Å². The fraction of sp³-hybridized carbons (Fsp3) is 0.837. The van der Waals surface area contributed by atoms with Crippen LogP contribution in [0.25, 0.3) is 22.9 Å². The number of rotatable bonds is 32. The first-order chi connectivity index (χ1) is 54.3. The van der Waals surface area contributed by atoms with Crippen LogP contribution in [0, 0.1) is 52.1 Å². The van der Waals surface area contributed by atoms with Crippen molar-refractivity contribution in [2.24, 2.45) is 5.73 Å². The van der Waals surface area contributed by atoms with Gasteiger partial charge in [0.05, 0.1) is 50.8 Å². The van der Waals surface area contributed by atoms with E-state index in [-0.39, 0.29) is 480 Å². The van der Waals surface area contributed by atoms with Gasteiger partial charge in [-0.05, 0) is 50.2 Å². The van der Waals surface area contributed by atoms with Crippen LogP contribution in [0.3, 0.4) is 0 Å². The molecule has 0 bridgehead atoms. The van der Waals surface area contributed by atoms with E-state index in [4.69, 9.17) is 175 Å². The molecule has 19 N–H and O–H groups in total. The average Bonchev–Trinajstić information content (AvgIpc) is 0.792. The molecule has 8 rings (SSSR count). The van der Waals surface area contributed by atoms with Gasteiger partial charge in [0.15, 0.2) is 0 Å². The zero-order valence-electron chi connectivity index (χ0n) is 75.1. The molecule has 0 aliphatic carbocycles. The van der Waals surface area contributed by atoms with Crippen molar-refractivity contribution < 1.29 is 733 Å². The van der Waals surface area contributed by atoms with Crippen LogP contribution in [0.1, 0.15) is 19.3 Å². The van der Waals surface area contributed by atoms with Gasteiger partial charge in [0.25, 0.3) is 0 Å². The number of hydrogen-bond acceptors (Lipinski definition) is 54. The molecule has 62 nitrogen and oxygen atoms in total. The molecule has 32 atom stereocenters. The Kier molecular flexibility index (Phi) is 110. The summed E-state index contributed by atoms with van der Waals surface area (Å²) in [5, 5.41) is 98.8. The van der Waals surface area contributed by atoms with Crippen molar-refractivity contribution in [1.82, 2.24) is 0 Å². The number of hydrogen-bond donors (Lipinski definition) is 14. The van der Waals surface area contributed by atoms with Crippen molar-refractivity contribution in [3.8, 4) is 0 Å². The molecule has 8 fully saturated rings. The molecule has 8 aliphatic rings. The van der Waals surface area contributed by atoms with Gasteiger partial charge in [0, 0.05) is 31.8 Å². The summed E-state index contributed by atoms with van der Waals surface area (Å²) < 4.78 is 375. The van der Waals surface area contributed by atoms with E-state index in [0.717, 1.165) is 51.9 Å². The fourth-order valence-electron chi connectivity index (χ4n) is 10.5. The molecule has 135 heavy (non-hydrogen) atoms. The standard InChI is InChI=1S/C49H77N5O41S4.16Na.4H2O4S/c50-4-2-1-3-5-76-30-6-18(55)22(10-77-30)86-47-35(52)40(61)43(27(90-47)15-82-97(67,68)69)94-32-8-20(57)24(12-79-32)88-49-37(54)42(63)45(29(92-49)17-84-99(73,74)75)95-33-9-21(58)25(13-80-33)87-48-36(53)41(62)44(28(91-48)16-83-98(70,71)72)93-31-7-19(56)23(11-78-31)85-46-34(51)39(60)38(59)26(89-46)14-81-96(64,65)66;;;;;;;;;;;;;;;;;4*1-5(2,3)4/h6-13,18-49,51-63H,1-5,14-17,50H2,(H,64,65,66)(H,67,68,69)(H,70,71,72)(H,73,74,75);;;;;;;;;;;;;;;;;4*(H2,1,2,3,4)/q-12;16*+1;;;;/p-8/t18-,19-,20-,21-,22+,23+,24+,25+,26?,27?,28?,29?,30+,31-,32-,33-,34?,35?,36?,37?,38+,39+,40+,41+,42+,43+,44+,45+,46-,47-,48-,49-;;;;;;;;;;;;;;;;;;;;/m0..................../s1. The maximum absolute atomic E-state index is 11.7. The Morgan fingerprint density at radius 3 is 0.704 bits per heavy atom. The molecular weight excluding hydrogens is 2190 g/mol. The molecule has 86 heteroatoms. The second-order valence-electron chi connectivity index (χ2n) is 24.4. The summed E-state index contributed by atoms with van der Waals surface area (Å²) in [6, 6.07) is -7.61. The molecule has 0 aromatic heterocycles. The van der Waals surface area contributed by atoms with Crippen LogP contribution in [0.15, 0.2) is 0 Å². The van der Waals surface area contributed by atoms with Crippen molar-refractivity contribution >= 4 is 83.2 Å². The first kappa shape index (κ1) is 176. The Morgan fingerprint density at radius 2 is 0.489 bits per heavy atom. The normalized spacial score (nSPS) is 34.0. The first-order valence-corrected chi connectivity index (χ1v) is 43.1. The molecule has 0 aromatic carbocycles. The molecule has 0 amide bonds. The van der Waals surface area contributed by atoms with Gasteiger partial charge in [-0.2, -0.15) is 26.4 Å². The molecule has 8 unspecified atom stereocenters. The Labute approximate surface area is 1130 Å². The second-order valence-corrected chi connectivity index (χ2v) is 32.1. The Bertz CT molecular complexity index is 3930. The van der Waals surface area contributed by atoms with Crippen molar-refractivity contribution in [2.45, 2.75) is 216 Å². The van der Waals surface area contributed by atoms with E-state index < -0.39 is 306 Å². The van der Waals surface area contributed by atoms with Gasteiger partial charge in [-0.25, -0.2) is 93.0 Å². The maximum atomic E-state index is 11.7. The van der Waals surface area contributed by atoms with E-state index in [2.05, 4.69) is 16.7 Å². The minimum Gasteiger partial charge on any atom is -0.726 e. The number of aliphatic hydroxyl groups is 9. The van der Waals surface area contributed by atoms with Crippen LogP contribution in [0.5, 0.6) is 0 Å². The topological polar surface area (TPSA) is 1030 Å². The van der Waals surface area contributed by atoms with Crippen LogP contribution in [-0.2, 0) is 176 Å². The van der Waals surface area contributed by atoms with Crippen LogP contribution in [0.4, 0.5) is 0 Å². The quantitative estimate of drug-likeness (QED) is 0.00978. The Morgan fingerprint density at radius 1 is 0.289 bits per heavy atom. The van der Waals surface area contributed by atoms with E-state index in [9.17, 15) is 97.8 Å². The summed E-state index contributed by atoms with van der Waals surface area (Å²) in [5.41, 5.74) is 39.8. The van der Waals surface area contributed by atoms with Gasteiger partial charge in [-0.1, -0.05) is 48.6 Å². The summed E-state index contributed by atoms with van der Waals surface area (Å²) in [7, 11) is -41.5. The number of nitrogens with one attached hydrogen (secondary N) is 4. The van der Waals surface area contributed by atoms with E-state index in [1.165, 1.54) is 6.42 Å². The van der Waals surface area contributed by atoms with Gasteiger partial charge in [0.1, 0.15) is 74.0 Å². The van der Waals surface area contributed by atoms with Gasteiger partial charge in [0.2, 0.25) is 83.2 Å². The zero-order chi connectivity index (χ0) is 90.6. The largest absolute Gasteiger partial charge is 1.00 e. The van der Waals surface area contributed by atoms with Gasteiger partial charge in [-0.15, -0.1) is 0 Å². The summed E-state index contributed by atoms with van der Waals surface area (Å²) in [6.07, 6.45) is -44.4. The minimum absolute atomic E-state index is 0. The third-order valence-electron chi connectivity index (χ3n) is 15.5. The maximum Gasteiger partial charge on any atom is 1.00 e. The third kappa shape index (κ3) is 74.9. The predicted octanol–water partition coefficient (Wildman–Crippen LogP) is -60.5. The summed E-state index contributed by atoms with van der Waals surface area (Å²) in [5.74, 6) is 0. The van der Waals surface area contributed by atoms with Gasteiger partial charge >= 0.3 is 473 Å². The Hall–Kier alpha value is 13.8. The van der Waals surface area contributed by atoms with Crippen LogP contribution < -0.4 is 479 Å². The number of unbranched alkanes of at least 4 members (excludes halogenated alkanes) is 2. The van der Waals surface area contributed by atoms with Crippen molar-refractivity contribution in [3.63, 3.8) is 0 Å². The van der Waals surface area contributed by atoms with Crippen molar-refractivity contribution in [1.29, 1.82) is 0 Å². The smallest absolute Gasteiger partial charge is 0.726 e. The molecule has 0 saturated carbocycles. The third-order valence-corrected chi connectivity index (χ3v) is 17.2. The second kappa shape index (κ2) is 83.9. The summed E-state index contributed by atoms with van der Waals surface area (Å²) in [4.78, 5) is 0. The number of ether oxygens (including phenoxy) is 16. The Balaban J connectivity index is -0.000000340. The average molecular weight is 2270 g/mol. The molecule has 708 valence electrons. The fourth-order valence-corrected chi connectivity index (χ4v) is 11.7. The first-order valence-electron chi connectivity index (χ1n) is 32.3. The van der Waals surface area contributed by atoms with Gasteiger partial charge in [-0.3, -0.25) is 34.9 Å². The molecule has 8 aliphatic heterocycles. The zero-order valence-corrected chi connectivity index (χ0v) is 114.